The van der Waals surface area contributed by atoms with Crippen LogP contribution in [0, 0.1) is 11.8 Å². The third-order valence-corrected chi connectivity index (χ3v) is 27.1. The van der Waals surface area contributed by atoms with Gasteiger partial charge in [0.25, 0.3) is 0 Å². The van der Waals surface area contributed by atoms with E-state index in [-0.39, 0.29) is 137 Å². The number of nitrogens with one attached hydrogen (secondary N) is 4. The van der Waals surface area contributed by atoms with E-state index in [0.717, 1.165) is 67.2 Å². The van der Waals surface area contributed by atoms with Crippen molar-refractivity contribution < 1.29 is 135 Å². The molecule has 4 spiro atoms. The van der Waals surface area contributed by atoms with Crippen LogP contribution in [-0.4, -0.2) is 291 Å². The average molecular weight is 1950 g/mol. The van der Waals surface area contributed by atoms with Gasteiger partial charge in [0, 0.05) is 77.2 Å². The normalized spacial score (nSPS) is 37.2. The number of hydrogen-bond acceptors (Lipinski definition) is 28. The van der Waals surface area contributed by atoms with E-state index in [1.165, 1.54) is 57.2 Å². The van der Waals surface area contributed by atoms with Gasteiger partial charge in [0.2, 0.25) is 23.6 Å². The van der Waals surface area contributed by atoms with Gasteiger partial charge in [-0.3, -0.25) is 33.6 Å². The lowest BCUT2D eigenvalue weighted by Gasteiger charge is -2.41. The predicted molar refractivity (Wildman–Crippen MR) is 523 cm³/mol. The van der Waals surface area contributed by atoms with Crippen LogP contribution < -0.4 is 21.3 Å². The van der Waals surface area contributed by atoms with Gasteiger partial charge in [0.1, 0.15) is 89.5 Å². The van der Waals surface area contributed by atoms with Crippen LogP contribution in [0.2, 0.25) is 0 Å². The van der Waals surface area contributed by atoms with E-state index >= 15 is 0 Å². The first-order valence-corrected chi connectivity index (χ1v) is 49.8. The Labute approximate surface area is 823 Å². The maximum atomic E-state index is 12.3. The fraction of sp³-hybridized carbons (Fsp3) is 0.710. The summed E-state index contributed by atoms with van der Waals surface area (Å²) < 4.78 is 91.9. The third kappa shape index (κ3) is 36.6. The summed E-state index contributed by atoms with van der Waals surface area (Å²) in [6.45, 7) is 49.7. The molecule has 0 bridgehead atoms. The molecular weight excluding hydrogens is 1790 g/mol. The summed E-state index contributed by atoms with van der Waals surface area (Å²) in [5, 5.41) is 63.7. The summed E-state index contributed by atoms with van der Waals surface area (Å²) in [6.07, 6.45) is 37.5. The molecule has 32 heteroatoms. The third-order valence-electron chi connectivity index (χ3n) is 27.1. The van der Waals surface area contributed by atoms with E-state index in [1.54, 1.807) is 39.8 Å². The Balaban J connectivity index is 0.000000207. The molecule has 32 nitrogen and oxygen atoms in total. The number of allylic oxidation sites excluding steroid dienone is 8. The highest BCUT2D eigenvalue weighted by molar-refractivity contribution is 5.89. The lowest BCUT2D eigenvalue weighted by molar-refractivity contribution is -0.217. The van der Waals surface area contributed by atoms with Gasteiger partial charge >= 0.3 is 17.9 Å². The zero-order valence-electron chi connectivity index (χ0n) is 86.7. The Morgan fingerprint density at radius 3 is 0.942 bits per heavy atom. The molecule has 9 N–H and O–H groups in total. The smallest absolute Gasteiger partial charge is 0.303 e. The minimum Gasteiger partial charge on any atom is -0.459 e. The van der Waals surface area contributed by atoms with Gasteiger partial charge in [-0.05, 0) is 213 Å². The summed E-state index contributed by atoms with van der Waals surface area (Å²) in [5.74, 6) is -1.58. The van der Waals surface area contributed by atoms with Crippen molar-refractivity contribution in [1.82, 2.24) is 21.3 Å². The van der Waals surface area contributed by atoms with Crippen molar-refractivity contribution in [2.45, 2.75) is 441 Å². The molecule has 0 aliphatic carbocycles. The first kappa shape index (κ1) is 115. The lowest BCUT2D eigenvalue weighted by atomic mass is 9.83. The molecule has 12 aliphatic heterocycles. The van der Waals surface area contributed by atoms with Gasteiger partial charge in [0.15, 0.2) is 6.29 Å². The highest BCUT2D eigenvalue weighted by atomic mass is 16.7. The Hall–Kier alpha value is -7.55. The van der Waals surface area contributed by atoms with Gasteiger partial charge in [0.05, 0.1) is 128 Å². The summed E-state index contributed by atoms with van der Waals surface area (Å²) in [4.78, 5) is 81.6. The molecule has 4 amide bonds. The Bertz CT molecular complexity index is 4350. The molecule has 139 heavy (non-hydrogen) atoms. The molecule has 0 saturated carbocycles. The summed E-state index contributed by atoms with van der Waals surface area (Å²) in [7, 11) is 0. The molecule has 0 aromatic heterocycles. The molecule has 0 radical (unpaired) electrons. The molecule has 12 fully saturated rings. The van der Waals surface area contributed by atoms with E-state index in [1.807, 2.05) is 165 Å². The average Bonchev–Trinajstić information content (AvgIpc) is 1.60. The highest BCUT2D eigenvalue weighted by Crippen LogP contribution is 2.51. The molecule has 780 valence electrons. The molecule has 12 heterocycles. The quantitative estimate of drug-likeness (QED) is 0.0102. The van der Waals surface area contributed by atoms with Crippen molar-refractivity contribution in [1.29, 1.82) is 0 Å². The van der Waals surface area contributed by atoms with Crippen LogP contribution in [0.15, 0.2) is 144 Å². The number of amides is 4. The molecule has 0 unspecified atom stereocenters. The lowest BCUT2D eigenvalue weighted by Crippen LogP contribution is -2.53. The van der Waals surface area contributed by atoms with Crippen LogP contribution in [0.3, 0.4) is 0 Å². The van der Waals surface area contributed by atoms with Gasteiger partial charge in [-0.15, -0.1) is 0 Å². The van der Waals surface area contributed by atoms with Crippen LogP contribution in [-0.2, 0) is 109 Å². The number of carbonyl (C=O) groups excluding carboxylic acids is 7. The molecule has 12 aliphatic rings. The fourth-order valence-corrected chi connectivity index (χ4v) is 19.5. The van der Waals surface area contributed by atoms with Crippen molar-refractivity contribution in [3.63, 3.8) is 0 Å². The number of aliphatic hydroxyl groups is 5. The number of hydrogen-bond donors (Lipinski definition) is 9. The standard InChI is InChI=1S/C28H43NO7.C27H41NO7.C26H39NO8.C26H41NO6/c1-17(9-12-24-26(32)28(16-33-28)15-27(6,7)36-24)8-11-23-18(2)14-22(20(4)35-23)29-25(31)13-10-19(3)34-21(5)30;1-17(8-13-23-25(31)27(16-32-27)15-26(5,6)35-23)7-10-21-11-12-22(19(3)34-21)28-24(30)14-9-18(2)33-20(4)29;1-16(7-10-21-24(30)26(15-32-26)14-25(5,6)35-21)8-12-23-31-13-20(18(3)34-23)27-22(29)11-9-17(2)33-19(4)28;1-16(8-11-22-24(30)26(15-31-26)14-25(5,6)33-22)7-10-21-17(2)13-20(19(4)32-21)27-23(29)12-9-18(3)28/h8-10,12-13,18-20,22-24,26,32H,11,14-16H2,1-7H3,(H,29,31);7-9,13-14,18-19,21-23,25,31H,10-12,15-16H2,1-6H3,(H,28,30);7-11,17-18,20-21,23-24,30H,12-15H2,1-6H3,(H,27,29);7-9,11-12,17-22,24,28,30H,10,13-15H2,1-6H3,(H,27,29)/b12-9+,13-10-,17-8+;13-8+,14-9-,17-7+;10-7+,11-9-,16-8+;11-8+,12-9-,16-7+/t18-,19-,20+,22+,23-,24+,26+,28+;18-,19+,21-,22+,23+,25+,27+;17-,18+,20+,21+,23-,24+,26+;17-,18-,19+,20+,21-,22+,24+,26+/m0000/s1. The molecule has 0 aromatic carbocycles. The Morgan fingerprint density at radius 2 is 0.647 bits per heavy atom. The Kier molecular flexibility index (Phi) is 41.6. The predicted octanol–water partition coefficient (Wildman–Crippen LogP) is 11.7. The van der Waals surface area contributed by atoms with Crippen molar-refractivity contribution in [2.75, 3.05) is 33.0 Å². The number of ether oxygens (including phenoxy) is 16. The minimum atomic E-state index is -0.683. The number of rotatable bonds is 31. The fourth-order valence-electron chi connectivity index (χ4n) is 19.5. The van der Waals surface area contributed by atoms with E-state index in [4.69, 9.17) is 75.8 Å². The molecule has 30 atom stereocenters. The van der Waals surface area contributed by atoms with Crippen LogP contribution in [0.1, 0.15) is 250 Å². The molecular formula is C107H164N4O28. The molecule has 12 rings (SSSR count). The SMILES string of the molecule is CC(/C=C/[C@H]1OC(C)(C)C[C@@]2(CO2)[C@@H]1O)=C\C[C@@H]1O[C@H](C)[C@H](NC(=O)/C=C\[C@H](C)O)C[C@@H]1C.CC(=O)O[C@@H](C)/C=C\C(=O)N[C@@H]1CC[C@H](C/C=C(C)/C=C/[C@H]2OC(C)(C)C[C@@]3(CO3)[C@@H]2O)O[C@@H]1C.CC(=O)O[C@@H](C)/C=C\C(=O)N[C@@H]1CO[C@H](C/C=C(C)/C=C/[C@H]2OC(C)(C)C[C@@]3(CO3)[C@@H]2O)O[C@@H]1C.CC(=O)O[C@@H](C)/C=C\C(=O)N[C@@H]1C[C@H](C)[C@H](C/C=C(C)/C=C/[C@H]2OC(C)(C)C[C@@]3(CO3)[C@@H]2O)O[C@@H]1C. The van der Waals surface area contributed by atoms with Crippen LogP contribution in [0.4, 0.5) is 0 Å². The van der Waals surface area contributed by atoms with Crippen molar-refractivity contribution >= 4 is 41.5 Å². The number of aliphatic hydroxyl groups excluding tert-OH is 5. The van der Waals surface area contributed by atoms with Gasteiger partial charge in [-0.2, -0.15) is 0 Å². The number of carbonyl (C=O) groups is 7. The zero-order valence-corrected chi connectivity index (χ0v) is 86.7. The van der Waals surface area contributed by atoms with Gasteiger partial charge < -0.3 is 123 Å². The Morgan fingerprint density at radius 1 is 0.367 bits per heavy atom. The van der Waals surface area contributed by atoms with Crippen LogP contribution in [0.25, 0.3) is 0 Å². The van der Waals surface area contributed by atoms with E-state index in [9.17, 15) is 59.1 Å². The highest BCUT2D eigenvalue weighted by Gasteiger charge is 2.64. The van der Waals surface area contributed by atoms with Crippen molar-refractivity contribution in [3.8, 4) is 0 Å². The summed E-state index contributed by atoms with van der Waals surface area (Å²) in [6, 6.07) is -0.504. The summed E-state index contributed by atoms with van der Waals surface area (Å²) >= 11 is 0. The van der Waals surface area contributed by atoms with E-state index < -0.39 is 108 Å². The second-order valence-electron chi connectivity index (χ2n) is 42.9. The summed E-state index contributed by atoms with van der Waals surface area (Å²) in [5.41, 5.74) is 1.03. The van der Waals surface area contributed by atoms with Crippen LogP contribution in [0.5, 0.6) is 0 Å². The first-order chi connectivity index (χ1) is 65.0. The number of esters is 3. The number of epoxide rings is 4. The van der Waals surface area contributed by atoms with E-state index in [2.05, 4.69) is 53.3 Å². The van der Waals surface area contributed by atoms with Crippen LogP contribution >= 0.6 is 0 Å². The second-order valence-corrected chi connectivity index (χ2v) is 42.9. The van der Waals surface area contributed by atoms with Gasteiger partial charge in [-0.25, -0.2) is 0 Å². The molecule has 12 saturated heterocycles. The zero-order chi connectivity index (χ0) is 103. The van der Waals surface area contributed by atoms with Crippen molar-refractivity contribution in [2.24, 2.45) is 11.8 Å². The maximum Gasteiger partial charge on any atom is 0.303 e. The topological polar surface area (TPSA) is 430 Å². The minimum absolute atomic E-state index is 0.0506. The van der Waals surface area contributed by atoms with Gasteiger partial charge in [-0.1, -0.05) is 115 Å². The second kappa shape index (κ2) is 50.3. The monoisotopic (exact) mass is 1950 g/mol. The molecule has 0 aromatic rings. The first-order valence-electron chi connectivity index (χ1n) is 49.8. The maximum absolute atomic E-state index is 12.3. The van der Waals surface area contributed by atoms with E-state index in [0.29, 0.717) is 65.1 Å². The largest absolute Gasteiger partial charge is 0.459 e. The van der Waals surface area contributed by atoms with Crippen molar-refractivity contribution in [3.05, 3.63) is 144 Å².